The molecule has 2 N–H and O–H groups in total. The number of nitrogens with one attached hydrogen (secondary N) is 2. The molecule has 0 radical (unpaired) electrons. The van der Waals surface area contributed by atoms with Crippen molar-refractivity contribution in [1.82, 2.24) is 5.32 Å². The molecule has 2 aromatic carbocycles. The fourth-order valence-electron chi connectivity index (χ4n) is 2.29. The Morgan fingerprint density at radius 2 is 1.82 bits per heavy atom. The first-order chi connectivity index (χ1) is 13.4. The molecule has 1 heterocycles. The third kappa shape index (κ3) is 5.57. The van der Waals surface area contributed by atoms with Gasteiger partial charge in [-0.3, -0.25) is 10.1 Å². The van der Waals surface area contributed by atoms with Gasteiger partial charge in [0.25, 0.3) is 0 Å². The van der Waals surface area contributed by atoms with Crippen molar-refractivity contribution in [1.29, 1.82) is 0 Å². The van der Waals surface area contributed by atoms with E-state index in [4.69, 9.17) is 39.8 Å². The molecule has 8 heteroatoms. The molecule has 0 spiro atoms. The number of hydrogen-bond acceptors (Lipinski definition) is 3. The van der Waals surface area contributed by atoms with Crippen LogP contribution >= 0.6 is 58.0 Å². The first kappa shape index (κ1) is 20.9. The Bertz CT molecular complexity index is 1050. The SMILES string of the molecule is O=C(C=Cc1ccc(-c2cccc(Cl)c2Cl)o1)NC(=S)Nc1ccc(I)cc1. The number of benzene rings is 2. The third-order valence-corrected chi connectivity index (χ3v) is 5.32. The molecular weight excluding hydrogens is 530 g/mol. The molecule has 4 nitrogen and oxygen atoms in total. The molecule has 0 saturated carbocycles. The van der Waals surface area contributed by atoms with E-state index in [0.29, 0.717) is 27.1 Å². The summed E-state index contributed by atoms with van der Waals surface area (Å²) < 4.78 is 6.82. The van der Waals surface area contributed by atoms with Crippen molar-refractivity contribution in [2.45, 2.75) is 0 Å². The van der Waals surface area contributed by atoms with Crippen molar-refractivity contribution in [3.8, 4) is 11.3 Å². The summed E-state index contributed by atoms with van der Waals surface area (Å²) in [4.78, 5) is 12.0. The molecule has 0 fully saturated rings. The summed E-state index contributed by atoms with van der Waals surface area (Å²) in [6, 6.07) is 16.4. The highest BCUT2D eigenvalue weighted by molar-refractivity contribution is 14.1. The highest BCUT2D eigenvalue weighted by atomic mass is 127. The quantitative estimate of drug-likeness (QED) is 0.228. The summed E-state index contributed by atoms with van der Waals surface area (Å²) >= 11 is 19.6. The van der Waals surface area contributed by atoms with Crippen LogP contribution in [0, 0.1) is 3.57 Å². The van der Waals surface area contributed by atoms with E-state index >= 15 is 0 Å². The molecule has 3 aromatic rings. The van der Waals surface area contributed by atoms with Gasteiger partial charge in [0.1, 0.15) is 11.5 Å². The van der Waals surface area contributed by atoms with Crippen LogP contribution < -0.4 is 10.6 Å². The lowest BCUT2D eigenvalue weighted by atomic mass is 10.2. The summed E-state index contributed by atoms with van der Waals surface area (Å²) in [6.07, 6.45) is 2.88. The predicted octanol–water partition coefficient (Wildman–Crippen LogP) is 6.38. The van der Waals surface area contributed by atoms with Crippen LogP contribution in [0.4, 0.5) is 5.69 Å². The maximum atomic E-state index is 12.0. The van der Waals surface area contributed by atoms with Gasteiger partial charge in [-0.15, -0.1) is 0 Å². The van der Waals surface area contributed by atoms with Crippen molar-refractivity contribution in [2.75, 3.05) is 5.32 Å². The molecule has 0 unspecified atom stereocenters. The van der Waals surface area contributed by atoms with E-state index in [2.05, 4.69) is 33.2 Å². The van der Waals surface area contributed by atoms with Crippen LogP contribution in [0.1, 0.15) is 5.76 Å². The van der Waals surface area contributed by atoms with Crippen molar-refractivity contribution in [3.63, 3.8) is 0 Å². The Kier molecular flexibility index (Phi) is 7.12. The first-order valence-corrected chi connectivity index (χ1v) is 10.3. The molecule has 0 bridgehead atoms. The van der Waals surface area contributed by atoms with Crippen LogP contribution in [0.25, 0.3) is 17.4 Å². The molecule has 0 atom stereocenters. The van der Waals surface area contributed by atoms with Gasteiger partial charge >= 0.3 is 0 Å². The van der Waals surface area contributed by atoms with Crippen LogP contribution in [0.3, 0.4) is 0 Å². The van der Waals surface area contributed by atoms with Gasteiger partial charge in [-0.1, -0.05) is 29.3 Å². The fraction of sp³-hybridized carbons (Fsp3) is 0. The van der Waals surface area contributed by atoms with E-state index in [1.54, 1.807) is 30.3 Å². The highest BCUT2D eigenvalue weighted by Crippen LogP contribution is 2.34. The van der Waals surface area contributed by atoms with Gasteiger partial charge in [0.05, 0.1) is 10.0 Å². The van der Waals surface area contributed by atoms with E-state index < -0.39 is 0 Å². The van der Waals surface area contributed by atoms with E-state index in [1.807, 2.05) is 30.3 Å². The topological polar surface area (TPSA) is 54.3 Å². The van der Waals surface area contributed by atoms with Gasteiger partial charge in [-0.05, 0) is 89.4 Å². The molecule has 1 amide bonds. The van der Waals surface area contributed by atoms with Gasteiger partial charge in [-0.2, -0.15) is 0 Å². The summed E-state index contributed by atoms with van der Waals surface area (Å²) in [5.74, 6) is 0.683. The first-order valence-electron chi connectivity index (χ1n) is 8.02. The molecule has 3 rings (SSSR count). The summed E-state index contributed by atoms with van der Waals surface area (Å²) in [7, 11) is 0. The average Bonchev–Trinajstić information content (AvgIpc) is 3.13. The summed E-state index contributed by atoms with van der Waals surface area (Å²) in [5, 5.41) is 6.60. The van der Waals surface area contributed by atoms with E-state index in [-0.39, 0.29) is 11.0 Å². The number of anilines is 1. The average molecular weight is 543 g/mol. The van der Waals surface area contributed by atoms with Gasteiger partial charge in [-0.25, -0.2) is 0 Å². The highest BCUT2D eigenvalue weighted by Gasteiger charge is 2.10. The maximum absolute atomic E-state index is 12.0. The van der Waals surface area contributed by atoms with Crippen LogP contribution in [-0.4, -0.2) is 11.0 Å². The molecule has 0 saturated heterocycles. The zero-order chi connectivity index (χ0) is 20.1. The van der Waals surface area contributed by atoms with E-state index in [1.165, 1.54) is 6.08 Å². The molecule has 0 aliphatic carbocycles. The normalized spacial score (nSPS) is 10.8. The summed E-state index contributed by atoms with van der Waals surface area (Å²) in [5.41, 5.74) is 1.48. The Morgan fingerprint density at radius 3 is 2.57 bits per heavy atom. The standard InChI is InChI=1S/C20H13Cl2IN2O2S/c21-16-3-1-2-15(19(16)22)17-10-8-14(27-17)9-11-18(26)25-20(28)24-13-6-4-12(23)5-7-13/h1-11H,(H2,24,25,26,28). The van der Waals surface area contributed by atoms with Crippen LogP contribution in [0.15, 0.2) is 65.1 Å². The van der Waals surface area contributed by atoms with Crippen LogP contribution in [0.2, 0.25) is 10.0 Å². The zero-order valence-electron chi connectivity index (χ0n) is 14.2. The number of halogens is 3. The summed E-state index contributed by atoms with van der Waals surface area (Å²) in [6.45, 7) is 0. The lowest BCUT2D eigenvalue weighted by Gasteiger charge is -2.07. The van der Waals surface area contributed by atoms with Crippen LogP contribution in [-0.2, 0) is 4.79 Å². The van der Waals surface area contributed by atoms with E-state index in [9.17, 15) is 4.79 Å². The zero-order valence-corrected chi connectivity index (χ0v) is 18.7. The number of rotatable bonds is 4. The number of hydrogen-bond donors (Lipinski definition) is 2. The van der Waals surface area contributed by atoms with Crippen molar-refractivity contribution < 1.29 is 9.21 Å². The molecule has 0 aliphatic rings. The van der Waals surface area contributed by atoms with Gasteiger partial charge in [0.15, 0.2) is 5.11 Å². The minimum atomic E-state index is -0.373. The van der Waals surface area contributed by atoms with Crippen molar-refractivity contribution in [3.05, 3.63) is 80.0 Å². The smallest absolute Gasteiger partial charge is 0.250 e. The number of carbonyl (C=O) groups is 1. The lowest BCUT2D eigenvalue weighted by molar-refractivity contribution is -0.115. The molecule has 0 aliphatic heterocycles. The van der Waals surface area contributed by atoms with Gasteiger partial charge in [0, 0.05) is 20.9 Å². The van der Waals surface area contributed by atoms with Crippen molar-refractivity contribution in [2.24, 2.45) is 0 Å². The Labute approximate surface area is 191 Å². The molecular formula is C20H13Cl2IN2O2S. The Balaban J connectivity index is 1.60. The molecule has 142 valence electrons. The van der Waals surface area contributed by atoms with Gasteiger partial charge < -0.3 is 9.73 Å². The number of carbonyl (C=O) groups excluding carboxylic acids is 1. The number of furan rings is 1. The number of thiocarbonyl (C=S) groups is 1. The largest absolute Gasteiger partial charge is 0.457 e. The molecule has 28 heavy (non-hydrogen) atoms. The third-order valence-electron chi connectivity index (χ3n) is 3.58. The minimum Gasteiger partial charge on any atom is -0.457 e. The van der Waals surface area contributed by atoms with Crippen LogP contribution in [0.5, 0.6) is 0 Å². The van der Waals surface area contributed by atoms with Crippen molar-refractivity contribution >= 4 is 80.8 Å². The Morgan fingerprint density at radius 1 is 1.07 bits per heavy atom. The predicted molar refractivity (Wildman–Crippen MR) is 127 cm³/mol. The fourth-order valence-corrected chi connectivity index (χ4v) is 3.26. The monoisotopic (exact) mass is 542 g/mol. The lowest BCUT2D eigenvalue weighted by Crippen LogP contribution is -2.32. The Hall–Kier alpha value is -1.87. The second kappa shape index (κ2) is 9.56. The minimum absolute atomic E-state index is 0.210. The maximum Gasteiger partial charge on any atom is 0.250 e. The van der Waals surface area contributed by atoms with E-state index in [0.717, 1.165) is 9.26 Å². The molecule has 1 aromatic heterocycles. The second-order valence-electron chi connectivity index (χ2n) is 5.59. The second-order valence-corrected chi connectivity index (χ2v) is 8.03. The van der Waals surface area contributed by atoms with Gasteiger partial charge in [0.2, 0.25) is 5.91 Å². The number of amides is 1.